The molecule has 2 aromatic carbocycles. The van der Waals surface area contributed by atoms with Crippen LogP contribution in [0.4, 0.5) is 5.69 Å². The molecule has 1 aliphatic rings. The van der Waals surface area contributed by atoms with E-state index in [0.717, 1.165) is 38.0 Å². The van der Waals surface area contributed by atoms with Crippen LogP contribution in [0, 0.1) is 18.3 Å². The number of benzene rings is 2. The highest BCUT2D eigenvalue weighted by Crippen LogP contribution is 2.20. The predicted octanol–water partition coefficient (Wildman–Crippen LogP) is 4.25. The van der Waals surface area contributed by atoms with E-state index in [2.05, 4.69) is 39.8 Å². The van der Waals surface area contributed by atoms with Crippen LogP contribution in [0.3, 0.4) is 0 Å². The highest BCUT2D eigenvalue weighted by atomic mass is 35.5. The van der Waals surface area contributed by atoms with Gasteiger partial charge in [0.1, 0.15) is 11.6 Å². The van der Waals surface area contributed by atoms with E-state index in [-0.39, 0.29) is 11.6 Å². The van der Waals surface area contributed by atoms with Crippen LogP contribution in [-0.2, 0) is 11.3 Å². The van der Waals surface area contributed by atoms with Gasteiger partial charge in [-0.15, -0.1) is 0 Å². The number of carbonyl (C=O) groups excluding carboxylic acids is 1. The average Bonchev–Trinajstić information content (AvgIpc) is 2.73. The van der Waals surface area contributed by atoms with Crippen molar-refractivity contribution in [2.45, 2.75) is 32.4 Å². The Hall–Kier alpha value is -2.81. The molecule has 0 aliphatic carbocycles. The SMILES string of the molecule is Cc1ccc(NC(=O)/C(C#N)=C\NC2CCN(Cc3ccccc3)CC2)cc1Cl. The third-order valence-corrected chi connectivity index (χ3v) is 5.50. The molecule has 6 heteroatoms. The van der Waals surface area contributed by atoms with Crippen LogP contribution < -0.4 is 10.6 Å². The second-order valence-corrected chi connectivity index (χ2v) is 7.70. The van der Waals surface area contributed by atoms with Crippen molar-refractivity contribution in [1.82, 2.24) is 10.2 Å². The molecule has 29 heavy (non-hydrogen) atoms. The van der Waals surface area contributed by atoms with Crippen molar-refractivity contribution < 1.29 is 4.79 Å². The summed E-state index contributed by atoms with van der Waals surface area (Å²) >= 11 is 6.09. The molecule has 1 fully saturated rings. The van der Waals surface area contributed by atoms with Gasteiger partial charge < -0.3 is 10.6 Å². The smallest absolute Gasteiger partial charge is 0.267 e. The van der Waals surface area contributed by atoms with Gasteiger partial charge in [-0.05, 0) is 43.0 Å². The summed E-state index contributed by atoms with van der Waals surface area (Å²) in [6.45, 7) is 4.81. The van der Waals surface area contributed by atoms with Gasteiger partial charge in [0.15, 0.2) is 0 Å². The lowest BCUT2D eigenvalue weighted by molar-refractivity contribution is -0.112. The third-order valence-electron chi connectivity index (χ3n) is 5.09. The molecule has 5 nitrogen and oxygen atoms in total. The topological polar surface area (TPSA) is 68.2 Å². The van der Waals surface area contributed by atoms with Gasteiger partial charge in [0, 0.05) is 42.6 Å². The molecule has 150 valence electrons. The second kappa shape index (κ2) is 10.1. The molecule has 1 aliphatic heterocycles. The maximum atomic E-state index is 12.4. The summed E-state index contributed by atoms with van der Waals surface area (Å²) in [5, 5.41) is 15.9. The molecule has 0 unspecified atom stereocenters. The molecule has 3 rings (SSSR count). The van der Waals surface area contributed by atoms with E-state index < -0.39 is 5.91 Å². The molecule has 2 aromatic rings. The average molecular weight is 409 g/mol. The number of anilines is 1. The minimum absolute atomic E-state index is 0.0495. The quantitative estimate of drug-likeness (QED) is 0.553. The number of likely N-dealkylation sites (tertiary alicyclic amines) is 1. The van der Waals surface area contributed by atoms with Crippen LogP contribution in [0.2, 0.25) is 5.02 Å². The standard InChI is InChI=1S/C23H25ClN4O/c1-17-7-8-21(13-22(17)24)27-23(29)19(14-25)15-26-20-9-11-28(12-10-20)16-18-5-3-2-4-6-18/h2-8,13,15,20,26H,9-12,16H2,1H3,(H,27,29)/b19-15-. The molecule has 0 atom stereocenters. The number of aryl methyl sites for hydroxylation is 1. The third kappa shape index (κ3) is 6.08. The minimum Gasteiger partial charge on any atom is -0.387 e. The zero-order valence-corrected chi connectivity index (χ0v) is 17.2. The fourth-order valence-electron chi connectivity index (χ4n) is 3.32. The number of nitriles is 1. The fraction of sp³-hybridized carbons (Fsp3) is 0.304. The molecular formula is C23H25ClN4O. The number of amides is 1. The molecule has 1 saturated heterocycles. The van der Waals surface area contributed by atoms with Gasteiger partial charge in [0.2, 0.25) is 0 Å². The zero-order valence-electron chi connectivity index (χ0n) is 16.5. The molecule has 1 heterocycles. The van der Waals surface area contributed by atoms with Gasteiger partial charge in [-0.3, -0.25) is 9.69 Å². The predicted molar refractivity (Wildman–Crippen MR) is 116 cm³/mol. The van der Waals surface area contributed by atoms with E-state index in [9.17, 15) is 10.1 Å². The van der Waals surface area contributed by atoms with E-state index >= 15 is 0 Å². The Kier molecular flexibility index (Phi) is 7.29. The first-order valence-electron chi connectivity index (χ1n) is 9.75. The Morgan fingerprint density at radius 3 is 2.62 bits per heavy atom. The van der Waals surface area contributed by atoms with Crippen molar-refractivity contribution in [2.75, 3.05) is 18.4 Å². The van der Waals surface area contributed by atoms with E-state index in [1.807, 2.05) is 25.1 Å². The number of halogens is 1. The normalized spacial score (nSPS) is 15.6. The Balaban J connectivity index is 1.49. The van der Waals surface area contributed by atoms with Crippen LogP contribution in [0.25, 0.3) is 0 Å². The maximum absolute atomic E-state index is 12.4. The summed E-state index contributed by atoms with van der Waals surface area (Å²) in [5.74, 6) is -0.443. The van der Waals surface area contributed by atoms with Gasteiger partial charge in [-0.1, -0.05) is 48.0 Å². The first kappa shape index (κ1) is 20.9. The van der Waals surface area contributed by atoms with E-state index in [0.29, 0.717) is 10.7 Å². The molecule has 0 aromatic heterocycles. The van der Waals surface area contributed by atoms with Gasteiger partial charge in [-0.2, -0.15) is 5.26 Å². The number of nitrogens with one attached hydrogen (secondary N) is 2. The molecule has 0 spiro atoms. The first-order valence-corrected chi connectivity index (χ1v) is 10.1. The molecule has 0 saturated carbocycles. The number of rotatable bonds is 6. The van der Waals surface area contributed by atoms with E-state index in [1.165, 1.54) is 11.8 Å². The molecular weight excluding hydrogens is 384 g/mol. The monoisotopic (exact) mass is 408 g/mol. The number of hydrogen-bond donors (Lipinski definition) is 2. The van der Waals surface area contributed by atoms with Gasteiger partial charge in [-0.25, -0.2) is 0 Å². The summed E-state index contributed by atoms with van der Waals surface area (Å²) in [7, 11) is 0. The van der Waals surface area contributed by atoms with Crippen molar-refractivity contribution in [3.8, 4) is 6.07 Å². The van der Waals surface area contributed by atoms with Crippen molar-refractivity contribution in [3.05, 3.63) is 76.5 Å². The first-order chi connectivity index (χ1) is 14.0. The maximum Gasteiger partial charge on any atom is 0.267 e. The lowest BCUT2D eigenvalue weighted by Gasteiger charge is -2.32. The van der Waals surface area contributed by atoms with Crippen LogP contribution in [0.1, 0.15) is 24.0 Å². The Labute approximate surface area is 177 Å². The zero-order chi connectivity index (χ0) is 20.6. The molecule has 2 N–H and O–H groups in total. The van der Waals surface area contributed by atoms with Crippen molar-refractivity contribution in [2.24, 2.45) is 0 Å². The van der Waals surface area contributed by atoms with Crippen LogP contribution >= 0.6 is 11.6 Å². The van der Waals surface area contributed by atoms with Crippen LogP contribution in [0.5, 0.6) is 0 Å². The lowest BCUT2D eigenvalue weighted by atomic mass is 10.0. The number of carbonyl (C=O) groups is 1. The summed E-state index contributed by atoms with van der Waals surface area (Å²) in [6, 6.07) is 18.0. The van der Waals surface area contributed by atoms with Crippen LogP contribution in [0.15, 0.2) is 60.3 Å². The molecule has 1 amide bonds. The summed E-state index contributed by atoms with van der Waals surface area (Å²) < 4.78 is 0. The van der Waals surface area contributed by atoms with Crippen molar-refractivity contribution >= 4 is 23.2 Å². The van der Waals surface area contributed by atoms with Crippen molar-refractivity contribution in [1.29, 1.82) is 5.26 Å². The second-order valence-electron chi connectivity index (χ2n) is 7.29. The Bertz CT molecular complexity index is 912. The number of piperidine rings is 1. The van der Waals surface area contributed by atoms with Crippen LogP contribution in [-0.4, -0.2) is 29.9 Å². The summed E-state index contributed by atoms with van der Waals surface area (Å²) in [5.41, 5.74) is 2.87. The van der Waals surface area contributed by atoms with Gasteiger partial charge >= 0.3 is 0 Å². The van der Waals surface area contributed by atoms with E-state index in [4.69, 9.17) is 11.6 Å². The number of hydrogen-bond acceptors (Lipinski definition) is 4. The summed E-state index contributed by atoms with van der Waals surface area (Å²) in [4.78, 5) is 14.8. The molecule has 0 radical (unpaired) electrons. The summed E-state index contributed by atoms with van der Waals surface area (Å²) in [6.07, 6.45) is 3.47. The Morgan fingerprint density at radius 2 is 1.97 bits per heavy atom. The number of nitrogens with zero attached hydrogens (tertiary/aromatic N) is 2. The van der Waals surface area contributed by atoms with E-state index in [1.54, 1.807) is 12.1 Å². The largest absolute Gasteiger partial charge is 0.387 e. The van der Waals surface area contributed by atoms with Gasteiger partial charge in [0.25, 0.3) is 5.91 Å². The van der Waals surface area contributed by atoms with Gasteiger partial charge in [0.05, 0.1) is 0 Å². The Morgan fingerprint density at radius 1 is 1.24 bits per heavy atom. The highest BCUT2D eigenvalue weighted by Gasteiger charge is 2.19. The minimum atomic E-state index is -0.443. The fourth-order valence-corrected chi connectivity index (χ4v) is 3.50. The van der Waals surface area contributed by atoms with Crippen molar-refractivity contribution in [3.63, 3.8) is 0 Å². The highest BCUT2D eigenvalue weighted by molar-refractivity contribution is 6.31. The molecule has 0 bridgehead atoms. The lowest BCUT2D eigenvalue weighted by Crippen LogP contribution is -2.40.